The molecule has 1 atom stereocenters. The Bertz CT molecular complexity index is 609. The Morgan fingerprint density at radius 1 is 1.23 bits per heavy atom. The summed E-state index contributed by atoms with van der Waals surface area (Å²) in [5.41, 5.74) is 9.72. The average molecular weight is 298 g/mol. The van der Waals surface area contributed by atoms with E-state index in [1.807, 2.05) is 6.20 Å². The third kappa shape index (κ3) is 3.23. The van der Waals surface area contributed by atoms with Crippen LogP contribution in [0.3, 0.4) is 0 Å². The van der Waals surface area contributed by atoms with Crippen molar-refractivity contribution in [3.8, 4) is 5.69 Å². The number of nitrogens with zero attached hydrogens (tertiary/aromatic N) is 3. The summed E-state index contributed by atoms with van der Waals surface area (Å²) in [6.45, 7) is 7.48. The lowest BCUT2D eigenvalue weighted by atomic mass is 9.91. The van der Waals surface area contributed by atoms with E-state index < -0.39 is 0 Å². The van der Waals surface area contributed by atoms with Crippen molar-refractivity contribution in [3.05, 3.63) is 47.8 Å². The minimum Gasteiger partial charge on any atom is -0.328 e. The fraction of sp³-hybridized carbons (Fsp3) is 0.500. The molecule has 1 aromatic carbocycles. The highest BCUT2D eigenvalue weighted by Crippen LogP contribution is 2.22. The topological polar surface area (TPSA) is 47.1 Å². The first-order chi connectivity index (χ1) is 10.6. The maximum absolute atomic E-state index is 6.03. The van der Waals surface area contributed by atoms with Crippen molar-refractivity contribution in [2.75, 3.05) is 13.1 Å². The number of rotatable bonds is 4. The van der Waals surface area contributed by atoms with E-state index in [4.69, 9.17) is 5.73 Å². The summed E-state index contributed by atoms with van der Waals surface area (Å²) >= 11 is 0. The van der Waals surface area contributed by atoms with E-state index in [-0.39, 0.29) is 0 Å². The van der Waals surface area contributed by atoms with Gasteiger partial charge >= 0.3 is 0 Å². The van der Waals surface area contributed by atoms with Crippen LogP contribution in [0.5, 0.6) is 0 Å². The van der Waals surface area contributed by atoms with E-state index in [2.05, 4.69) is 58.9 Å². The first kappa shape index (κ1) is 15.3. The second kappa shape index (κ2) is 6.63. The molecule has 0 radical (unpaired) electrons. The smallest absolute Gasteiger partial charge is 0.0678 e. The molecule has 118 valence electrons. The molecule has 0 saturated carbocycles. The summed E-state index contributed by atoms with van der Waals surface area (Å²) in [6, 6.07) is 10.9. The molecule has 2 N–H and O–H groups in total. The van der Waals surface area contributed by atoms with Gasteiger partial charge in [-0.1, -0.05) is 18.2 Å². The fourth-order valence-electron chi connectivity index (χ4n) is 3.33. The van der Waals surface area contributed by atoms with Crippen molar-refractivity contribution in [3.63, 3.8) is 0 Å². The summed E-state index contributed by atoms with van der Waals surface area (Å²) in [5.74, 6) is 0.678. The van der Waals surface area contributed by atoms with Crippen molar-refractivity contribution in [1.82, 2.24) is 14.7 Å². The van der Waals surface area contributed by atoms with Crippen LogP contribution >= 0.6 is 0 Å². The SMILES string of the molecule is Cc1ccccc1-n1nccc1CN1CCC(C(C)N)CC1. The Kier molecular flexibility index (Phi) is 4.60. The summed E-state index contributed by atoms with van der Waals surface area (Å²) in [6.07, 6.45) is 4.31. The van der Waals surface area contributed by atoms with Crippen molar-refractivity contribution in [2.24, 2.45) is 11.7 Å². The van der Waals surface area contributed by atoms with Gasteiger partial charge in [0.2, 0.25) is 0 Å². The quantitative estimate of drug-likeness (QED) is 0.944. The van der Waals surface area contributed by atoms with E-state index >= 15 is 0 Å². The molecule has 0 spiro atoms. The lowest BCUT2D eigenvalue weighted by molar-refractivity contribution is 0.163. The van der Waals surface area contributed by atoms with E-state index in [1.165, 1.54) is 29.8 Å². The lowest BCUT2D eigenvalue weighted by Crippen LogP contribution is -2.39. The molecule has 0 bridgehead atoms. The molecule has 2 aromatic rings. The Morgan fingerprint density at radius 2 is 1.95 bits per heavy atom. The van der Waals surface area contributed by atoms with Crippen LogP contribution in [-0.2, 0) is 6.54 Å². The van der Waals surface area contributed by atoms with Gasteiger partial charge in [-0.15, -0.1) is 0 Å². The summed E-state index contributed by atoms with van der Waals surface area (Å²) < 4.78 is 2.08. The highest BCUT2D eigenvalue weighted by atomic mass is 15.3. The minimum atomic E-state index is 0.319. The first-order valence-electron chi connectivity index (χ1n) is 8.22. The third-order valence-electron chi connectivity index (χ3n) is 4.83. The zero-order valence-electron chi connectivity index (χ0n) is 13.6. The summed E-state index contributed by atoms with van der Waals surface area (Å²) in [7, 11) is 0. The van der Waals surface area contributed by atoms with Gasteiger partial charge in [-0.25, -0.2) is 4.68 Å². The maximum atomic E-state index is 6.03. The van der Waals surface area contributed by atoms with E-state index in [0.29, 0.717) is 12.0 Å². The normalized spacial score (nSPS) is 18.5. The van der Waals surface area contributed by atoms with Crippen LogP contribution in [0, 0.1) is 12.8 Å². The monoisotopic (exact) mass is 298 g/mol. The number of hydrogen-bond donors (Lipinski definition) is 1. The van der Waals surface area contributed by atoms with Crippen LogP contribution in [-0.4, -0.2) is 33.8 Å². The molecule has 4 nitrogen and oxygen atoms in total. The first-order valence-corrected chi connectivity index (χ1v) is 8.22. The lowest BCUT2D eigenvalue weighted by Gasteiger charge is -2.33. The zero-order chi connectivity index (χ0) is 15.5. The van der Waals surface area contributed by atoms with Gasteiger partial charge in [0, 0.05) is 18.8 Å². The summed E-state index contributed by atoms with van der Waals surface area (Å²) in [5, 5.41) is 4.53. The van der Waals surface area contributed by atoms with Crippen molar-refractivity contribution in [1.29, 1.82) is 0 Å². The molecule has 2 heterocycles. The van der Waals surface area contributed by atoms with Gasteiger partial charge in [0.05, 0.1) is 11.4 Å². The van der Waals surface area contributed by atoms with Gasteiger partial charge in [-0.2, -0.15) is 5.10 Å². The molecule has 3 rings (SSSR count). The minimum absolute atomic E-state index is 0.319. The molecule has 0 aliphatic carbocycles. The molecule has 1 aromatic heterocycles. The van der Waals surface area contributed by atoms with Gasteiger partial charge in [0.1, 0.15) is 0 Å². The van der Waals surface area contributed by atoms with E-state index in [1.54, 1.807) is 0 Å². The molecule has 1 aliphatic heterocycles. The van der Waals surface area contributed by atoms with Crippen molar-refractivity contribution < 1.29 is 0 Å². The van der Waals surface area contributed by atoms with Crippen molar-refractivity contribution in [2.45, 2.75) is 39.3 Å². The van der Waals surface area contributed by atoms with Crippen LogP contribution in [0.15, 0.2) is 36.5 Å². The molecule has 1 saturated heterocycles. The second-order valence-electron chi connectivity index (χ2n) is 6.49. The number of para-hydroxylation sites is 1. The number of aromatic nitrogens is 2. The fourth-order valence-corrected chi connectivity index (χ4v) is 3.33. The average Bonchev–Trinajstić information content (AvgIpc) is 2.96. The molecule has 4 heteroatoms. The van der Waals surface area contributed by atoms with Crippen LogP contribution < -0.4 is 5.73 Å². The molecule has 1 aliphatic rings. The van der Waals surface area contributed by atoms with Gasteiger partial charge in [-0.05, 0) is 63.4 Å². The Morgan fingerprint density at radius 3 is 2.64 bits per heavy atom. The van der Waals surface area contributed by atoms with Crippen molar-refractivity contribution >= 4 is 0 Å². The number of hydrogen-bond acceptors (Lipinski definition) is 3. The Hall–Kier alpha value is -1.65. The zero-order valence-corrected chi connectivity index (χ0v) is 13.6. The number of aryl methyl sites for hydroxylation is 1. The Labute approximate surface area is 132 Å². The Balaban J connectivity index is 1.70. The number of likely N-dealkylation sites (tertiary alicyclic amines) is 1. The molecule has 0 amide bonds. The highest BCUT2D eigenvalue weighted by molar-refractivity contribution is 5.40. The summed E-state index contributed by atoms with van der Waals surface area (Å²) in [4.78, 5) is 2.52. The predicted molar refractivity (Wildman–Crippen MR) is 90.0 cm³/mol. The molecular formula is C18H26N4. The van der Waals surface area contributed by atoms with E-state index in [0.717, 1.165) is 19.6 Å². The molecular weight excluding hydrogens is 272 g/mol. The van der Waals surface area contributed by atoms with Crippen LogP contribution in [0.25, 0.3) is 5.69 Å². The van der Waals surface area contributed by atoms with Crippen LogP contribution in [0.4, 0.5) is 0 Å². The second-order valence-corrected chi connectivity index (χ2v) is 6.49. The predicted octanol–water partition coefficient (Wildman–Crippen LogP) is 2.74. The molecule has 1 fully saturated rings. The standard InChI is InChI=1S/C18H26N4/c1-14-5-3-4-6-18(14)22-17(7-10-20-22)13-21-11-8-16(9-12-21)15(2)19/h3-7,10,15-16H,8-9,11-13,19H2,1-2H3. The number of benzene rings is 1. The molecule has 1 unspecified atom stereocenters. The molecule has 22 heavy (non-hydrogen) atoms. The number of piperidine rings is 1. The van der Waals surface area contributed by atoms with Gasteiger partial charge in [0.15, 0.2) is 0 Å². The highest BCUT2D eigenvalue weighted by Gasteiger charge is 2.22. The van der Waals surface area contributed by atoms with E-state index in [9.17, 15) is 0 Å². The van der Waals surface area contributed by atoms with Gasteiger partial charge in [-0.3, -0.25) is 4.90 Å². The number of nitrogens with two attached hydrogens (primary N) is 1. The van der Waals surface area contributed by atoms with Crippen LogP contribution in [0.2, 0.25) is 0 Å². The third-order valence-corrected chi connectivity index (χ3v) is 4.83. The van der Waals surface area contributed by atoms with Crippen LogP contribution in [0.1, 0.15) is 31.0 Å². The van der Waals surface area contributed by atoms with Gasteiger partial charge in [0.25, 0.3) is 0 Å². The maximum Gasteiger partial charge on any atom is 0.0678 e. The van der Waals surface area contributed by atoms with Gasteiger partial charge < -0.3 is 5.73 Å². The largest absolute Gasteiger partial charge is 0.328 e.